The molecule has 0 spiro atoms. The Morgan fingerprint density at radius 2 is 2.00 bits per heavy atom. The zero-order chi connectivity index (χ0) is 12.4. The Hall–Kier alpha value is -1.76. The van der Waals surface area contributed by atoms with Gasteiger partial charge in [-0.15, -0.1) is 0 Å². The maximum atomic E-state index is 3.50. The maximum absolute atomic E-state index is 3.50. The van der Waals surface area contributed by atoms with Gasteiger partial charge in [0.15, 0.2) is 0 Å². The van der Waals surface area contributed by atoms with Crippen molar-refractivity contribution < 1.29 is 0 Å². The molecule has 0 bridgehead atoms. The van der Waals surface area contributed by atoms with E-state index in [0.717, 1.165) is 13.0 Å². The van der Waals surface area contributed by atoms with Crippen LogP contribution >= 0.6 is 0 Å². The van der Waals surface area contributed by atoms with Gasteiger partial charge in [0.2, 0.25) is 0 Å². The highest BCUT2D eigenvalue weighted by Crippen LogP contribution is 2.32. The van der Waals surface area contributed by atoms with Crippen molar-refractivity contribution in [1.82, 2.24) is 0 Å². The summed E-state index contributed by atoms with van der Waals surface area (Å²) in [5, 5.41) is 3.50. The molecule has 0 unspecified atom stereocenters. The molecule has 0 aromatic heterocycles. The number of anilines is 1. The van der Waals surface area contributed by atoms with E-state index in [9.17, 15) is 0 Å². The molecule has 0 aliphatic carbocycles. The first-order valence-electron chi connectivity index (χ1n) is 6.83. The van der Waals surface area contributed by atoms with Gasteiger partial charge in [0, 0.05) is 12.2 Å². The van der Waals surface area contributed by atoms with Crippen molar-refractivity contribution in [3.8, 4) is 11.1 Å². The van der Waals surface area contributed by atoms with Crippen LogP contribution in [-0.2, 0) is 12.8 Å². The van der Waals surface area contributed by atoms with E-state index in [1.165, 1.54) is 40.8 Å². The minimum Gasteiger partial charge on any atom is -0.385 e. The first kappa shape index (κ1) is 11.3. The minimum absolute atomic E-state index is 1.10. The van der Waals surface area contributed by atoms with Gasteiger partial charge in [-0.2, -0.15) is 0 Å². The van der Waals surface area contributed by atoms with E-state index < -0.39 is 0 Å². The van der Waals surface area contributed by atoms with Crippen LogP contribution in [-0.4, -0.2) is 6.54 Å². The van der Waals surface area contributed by atoms with Crippen LogP contribution in [0.4, 0.5) is 5.69 Å². The van der Waals surface area contributed by atoms with Crippen LogP contribution in [0.25, 0.3) is 11.1 Å². The minimum atomic E-state index is 1.10. The molecule has 2 aromatic rings. The second kappa shape index (κ2) is 4.85. The Labute approximate surface area is 109 Å². The Morgan fingerprint density at radius 3 is 2.89 bits per heavy atom. The summed E-state index contributed by atoms with van der Waals surface area (Å²) >= 11 is 0. The van der Waals surface area contributed by atoms with Crippen LogP contribution in [0.15, 0.2) is 42.5 Å². The molecule has 0 radical (unpaired) electrons. The highest BCUT2D eigenvalue weighted by molar-refractivity contribution is 5.75. The quantitative estimate of drug-likeness (QED) is 0.822. The third-order valence-corrected chi connectivity index (χ3v) is 3.74. The molecule has 18 heavy (non-hydrogen) atoms. The first-order valence-corrected chi connectivity index (χ1v) is 6.83. The monoisotopic (exact) mass is 237 g/mol. The van der Waals surface area contributed by atoms with Gasteiger partial charge in [0.05, 0.1) is 0 Å². The van der Waals surface area contributed by atoms with Gasteiger partial charge in [-0.25, -0.2) is 0 Å². The molecule has 1 aliphatic rings. The van der Waals surface area contributed by atoms with Gasteiger partial charge in [0.25, 0.3) is 0 Å². The molecule has 1 heteroatoms. The van der Waals surface area contributed by atoms with Crippen molar-refractivity contribution in [1.29, 1.82) is 0 Å². The van der Waals surface area contributed by atoms with E-state index in [-0.39, 0.29) is 0 Å². The zero-order valence-electron chi connectivity index (χ0n) is 10.9. The highest BCUT2D eigenvalue weighted by Gasteiger charge is 2.13. The van der Waals surface area contributed by atoms with Gasteiger partial charge < -0.3 is 5.32 Å². The van der Waals surface area contributed by atoms with E-state index in [1.807, 2.05) is 0 Å². The summed E-state index contributed by atoms with van der Waals surface area (Å²) in [6, 6.07) is 15.5. The molecule has 0 amide bonds. The standard InChI is InChI=1S/C17H19N/c1-2-13-6-3-7-14(12-13)15-8-4-10-17-16(15)9-5-11-18-17/h3-4,6-8,10,12,18H,2,5,9,11H2,1H3. The number of benzene rings is 2. The van der Waals surface area contributed by atoms with Crippen molar-refractivity contribution in [2.75, 3.05) is 11.9 Å². The molecular formula is C17H19N. The second-order valence-electron chi connectivity index (χ2n) is 4.92. The van der Waals surface area contributed by atoms with Crippen molar-refractivity contribution in [3.63, 3.8) is 0 Å². The summed E-state index contributed by atoms with van der Waals surface area (Å²) in [5.74, 6) is 0. The smallest absolute Gasteiger partial charge is 0.0378 e. The number of hydrogen-bond acceptors (Lipinski definition) is 1. The lowest BCUT2D eigenvalue weighted by Gasteiger charge is -2.21. The van der Waals surface area contributed by atoms with Crippen LogP contribution in [0.5, 0.6) is 0 Å². The van der Waals surface area contributed by atoms with Crippen molar-refractivity contribution in [3.05, 3.63) is 53.6 Å². The topological polar surface area (TPSA) is 12.0 Å². The summed E-state index contributed by atoms with van der Waals surface area (Å²) in [6.45, 7) is 3.31. The van der Waals surface area contributed by atoms with Gasteiger partial charge in [-0.05, 0) is 47.6 Å². The number of aryl methyl sites for hydroxylation is 1. The van der Waals surface area contributed by atoms with Crippen LogP contribution in [0.2, 0.25) is 0 Å². The predicted molar refractivity (Wildman–Crippen MR) is 78.1 cm³/mol. The zero-order valence-corrected chi connectivity index (χ0v) is 10.9. The lowest BCUT2D eigenvalue weighted by atomic mass is 9.92. The average Bonchev–Trinajstić information content (AvgIpc) is 2.47. The molecule has 1 nitrogen and oxygen atoms in total. The Balaban J connectivity index is 2.10. The van der Waals surface area contributed by atoms with Gasteiger partial charge in [-0.1, -0.05) is 43.3 Å². The Bertz CT molecular complexity index is 557. The van der Waals surface area contributed by atoms with Crippen LogP contribution in [0, 0.1) is 0 Å². The van der Waals surface area contributed by atoms with Gasteiger partial charge in [-0.3, -0.25) is 0 Å². The molecule has 0 saturated carbocycles. The summed E-state index contributed by atoms with van der Waals surface area (Å²) in [4.78, 5) is 0. The van der Waals surface area contributed by atoms with E-state index in [2.05, 4.69) is 54.7 Å². The predicted octanol–water partition coefficient (Wildman–Crippen LogP) is 4.27. The molecular weight excluding hydrogens is 218 g/mol. The molecule has 1 N–H and O–H groups in total. The van der Waals surface area contributed by atoms with E-state index >= 15 is 0 Å². The SMILES string of the molecule is CCc1cccc(-c2cccc3c2CCCN3)c1. The van der Waals surface area contributed by atoms with Crippen LogP contribution in [0.1, 0.15) is 24.5 Å². The largest absolute Gasteiger partial charge is 0.385 e. The summed E-state index contributed by atoms with van der Waals surface area (Å²) in [7, 11) is 0. The highest BCUT2D eigenvalue weighted by atomic mass is 14.9. The number of hydrogen-bond donors (Lipinski definition) is 1. The average molecular weight is 237 g/mol. The number of rotatable bonds is 2. The number of fused-ring (bicyclic) bond motifs is 1. The molecule has 1 aliphatic heterocycles. The molecule has 3 rings (SSSR count). The van der Waals surface area contributed by atoms with Gasteiger partial charge in [0.1, 0.15) is 0 Å². The Kier molecular flexibility index (Phi) is 3.06. The summed E-state index contributed by atoms with van der Waals surface area (Å²) in [6.07, 6.45) is 3.52. The van der Waals surface area contributed by atoms with E-state index in [0.29, 0.717) is 0 Å². The molecule has 0 saturated heterocycles. The fraction of sp³-hybridized carbons (Fsp3) is 0.294. The normalized spacial score (nSPS) is 13.8. The van der Waals surface area contributed by atoms with Gasteiger partial charge >= 0.3 is 0 Å². The van der Waals surface area contributed by atoms with Crippen LogP contribution < -0.4 is 5.32 Å². The van der Waals surface area contributed by atoms with Crippen molar-refractivity contribution in [2.45, 2.75) is 26.2 Å². The van der Waals surface area contributed by atoms with E-state index in [1.54, 1.807) is 0 Å². The third-order valence-electron chi connectivity index (χ3n) is 3.74. The fourth-order valence-corrected chi connectivity index (χ4v) is 2.74. The molecule has 0 fully saturated rings. The third kappa shape index (κ3) is 2.01. The maximum Gasteiger partial charge on any atom is 0.0378 e. The Morgan fingerprint density at radius 1 is 1.11 bits per heavy atom. The van der Waals surface area contributed by atoms with Crippen LogP contribution in [0.3, 0.4) is 0 Å². The summed E-state index contributed by atoms with van der Waals surface area (Å²) < 4.78 is 0. The first-order chi connectivity index (χ1) is 8.88. The lowest BCUT2D eigenvalue weighted by molar-refractivity contribution is 0.832. The second-order valence-corrected chi connectivity index (χ2v) is 4.92. The molecule has 1 heterocycles. The van der Waals surface area contributed by atoms with Crippen molar-refractivity contribution >= 4 is 5.69 Å². The molecule has 0 atom stereocenters. The van der Waals surface area contributed by atoms with E-state index in [4.69, 9.17) is 0 Å². The van der Waals surface area contributed by atoms with Crippen molar-refractivity contribution in [2.24, 2.45) is 0 Å². The molecule has 2 aromatic carbocycles. The molecule has 92 valence electrons. The lowest BCUT2D eigenvalue weighted by Crippen LogP contribution is -2.12. The summed E-state index contributed by atoms with van der Waals surface area (Å²) in [5.41, 5.74) is 6.97. The fourth-order valence-electron chi connectivity index (χ4n) is 2.74. The number of nitrogens with one attached hydrogen (secondary N) is 1.